The predicted octanol–water partition coefficient (Wildman–Crippen LogP) is 2.69. The smallest absolute Gasteiger partial charge is 0.261 e. The summed E-state index contributed by atoms with van der Waals surface area (Å²) >= 11 is 4.64. The van der Waals surface area contributed by atoms with Gasteiger partial charge in [-0.3, -0.25) is 10.1 Å². The van der Waals surface area contributed by atoms with Crippen LogP contribution in [0.3, 0.4) is 0 Å². The molecule has 2 N–H and O–H groups in total. The first-order valence-corrected chi connectivity index (χ1v) is 7.22. The molecule has 0 radical (unpaired) electrons. The average molecular weight is 342 g/mol. The Kier molecular flexibility index (Phi) is 4.43. The van der Waals surface area contributed by atoms with E-state index in [0.29, 0.717) is 23.1 Å². The Balaban J connectivity index is 2.24. The molecule has 2 heterocycles. The molecule has 100 valence electrons. The van der Waals surface area contributed by atoms with Crippen molar-refractivity contribution in [3.8, 4) is 0 Å². The number of aryl methyl sites for hydroxylation is 1. The fraction of sp³-hybridized carbons (Fsp3) is 0.273. The third-order valence-corrected chi connectivity index (χ3v) is 3.38. The molecule has 0 spiro atoms. The average Bonchev–Trinajstić information content (AvgIpc) is 2.77. The Labute approximate surface area is 122 Å². The van der Waals surface area contributed by atoms with Crippen LogP contribution in [0.25, 0.3) is 0 Å². The predicted molar refractivity (Wildman–Crippen MR) is 78.7 cm³/mol. The molecule has 19 heavy (non-hydrogen) atoms. The second kappa shape index (κ2) is 6.07. The van der Waals surface area contributed by atoms with Crippen molar-refractivity contribution in [1.29, 1.82) is 0 Å². The number of hydrogen-bond acceptors (Lipinski definition) is 6. The van der Waals surface area contributed by atoms with Gasteiger partial charge in [-0.2, -0.15) is 0 Å². The molecule has 0 aliphatic rings. The quantitative estimate of drug-likeness (QED) is 0.893. The van der Waals surface area contributed by atoms with Crippen LogP contribution in [0.1, 0.15) is 22.3 Å². The number of amides is 1. The molecule has 0 saturated carbocycles. The molecular weight excluding hydrogens is 330 g/mol. The number of anilines is 2. The summed E-state index contributed by atoms with van der Waals surface area (Å²) in [6.45, 7) is 4.46. The number of rotatable bonds is 4. The summed E-state index contributed by atoms with van der Waals surface area (Å²) in [6.07, 6.45) is 1.64. The maximum absolute atomic E-state index is 12.2. The van der Waals surface area contributed by atoms with Crippen molar-refractivity contribution in [3.05, 3.63) is 27.3 Å². The van der Waals surface area contributed by atoms with E-state index in [0.717, 1.165) is 9.48 Å². The van der Waals surface area contributed by atoms with Gasteiger partial charge in [0.05, 0.1) is 5.56 Å². The third kappa shape index (κ3) is 3.48. The normalized spacial score (nSPS) is 10.3. The van der Waals surface area contributed by atoms with E-state index < -0.39 is 0 Å². The van der Waals surface area contributed by atoms with E-state index in [9.17, 15) is 4.79 Å². The van der Waals surface area contributed by atoms with Crippen molar-refractivity contribution in [2.45, 2.75) is 13.8 Å². The van der Waals surface area contributed by atoms with Gasteiger partial charge in [0.1, 0.15) is 10.8 Å². The number of pyridine rings is 1. The minimum Gasteiger partial charge on any atom is -0.370 e. The number of aromatic nitrogens is 3. The minimum absolute atomic E-state index is 0.263. The number of carbonyl (C=O) groups excluding carboxylic acids is 1. The zero-order valence-corrected chi connectivity index (χ0v) is 12.8. The lowest BCUT2D eigenvalue weighted by molar-refractivity contribution is 0.102. The molecule has 0 unspecified atom stereocenters. The molecule has 0 aromatic carbocycles. The largest absolute Gasteiger partial charge is 0.370 e. The van der Waals surface area contributed by atoms with Gasteiger partial charge in [0.2, 0.25) is 5.13 Å². The van der Waals surface area contributed by atoms with Crippen molar-refractivity contribution < 1.29 is 4.79 Å². The fourth-order valence-corrected chi connectivity index (χ4v) is 2.35. The van der Waals surface area contributed by atoms with Crippen LogP contribution in [0.2, 0.25) is 0 Å². The van der Waals surface area contributed by atoms with Crippen LogP contribution in [0.15, 0.2) is 16.7 Å². The summed E-state index contributed by atoms with van der Waals surface area (Å²) in [5, 5.41) is 14.8. The molecule has 0 bridgehead atoms. The van der Waals surface area contributed by atoms with E-state index >= 15 is 0 Å². The molecular formula is C11H12BrN5OS. The number of carbonyl (C=O) groups is 1. The molecule has 2 rings (SSSR count). The van der Waals surface area contributed by atoms with Crippen molar-refractivity contribution in [2.75, 3.05) is 17.2 Å². The van der Waals surface area contributed by atoms with Gasteiger partial charge in [-0.1, -0.05) is 11.3 Å². The maximum atomic E-state index is 12.2. The van der Waals surface area contributed by atoms with Gasteiger partial charge in [0.25, 0.3) is 5.91 Å². The molecule has 1 amide bonds. The van der Waals surface area contributed by atoms with Crippen LogP contribution in [0, 0.1) is 6.92 Å². The Hall–Kier alpha value is -1.54. The lowest BCUT2D eigenvalue weighted by Crippen LogP contribution is -2.15. The molecule has 0 aliphatic heterocycles. The van der Waals surface area contributed by atoms with Gasteiger partial charge >= 0.3 is 0 Å². The highest BCUT2D eigenvalue weighted by Crippen LogP contribution is 2.20. The van der Waals surface area contributed by atoms with Crippen LogP contribution in [0.4, 0.5) is 10.9 Å². The molecule has 2 aromatic heterocycles. The Bertz CT molecular complexity index is 601. The first kappa shape index (κ1) is 13.9. The summed E-state index contributed by atoms with van der Waals surface area (Å²) in [6, 6.07) is 1.72. The zero-order chi connectivity index (χ0) is 13.8. The summed E-state index contributed by atoms with van der Waals surface area (Å²) in [7, 11) is 0. The zero-order valence-electron chi connectivity index (χ0n) is 10.4. The van der Waals surface area contributed by atoms with Gasteiger partial charge in [-0.25, -0.2) is 4.98 Å². The second-order valence-corrected chi connectivity index (χ2v) is 5.76. The number of hydrogen-bond donors (Lipinski definition) is 2. The van der Waals surface area contributed by atoms with Crippen LogP contribution in [0.5, 0.6) is 0 Å². The lowest BCUT2D eigenvalue weighted by atomic mass is 10.2. The van der Waals surface area contributed by atoms with Crippen LogP contribution < -0.4 is 10.6 Å². The highest BCUT2D eigenvalue weighted by Gasteiger charge is 2.15. The van der Waals surface area contributed by atoms with Crippen molar-refractivity contribution >= 4 is 44.1 Å². The molecule has 6 nitrogen and oxygen atoms in total. The fourth-order valence-electron chi connectivity index (χ4n) is 1.43. The summed E-state index contributed by atoms with van der Waals surface area (Å²) in [4.78, 5) is 16.4. The molecule has 0 aliphatic carbocycles. The van der Waals surface area contributed by atoms with E-state index in [1.54, 1.807) is 12.3 Å². The molecule has 0 saturated heterocycles. The number of halogens is 1. The highest BCUT2D eigenvalue weighted by atomic mass is 79.9. The minimum atomic E-state index is -0.263. The van der Waals surface area contributed by atoms with E-state index in [4.69, 9.17) is 0 Å². The van der Waals surface area contributed by atoms with Crippen LogP contribution >= 0.6 is 27.3 Å². The van der Waals surface area contributed by atoms with Gasteiger partial charge in [0.15, 0.2) is 0 Å². The lowest BCUT2D eigenvalue weighted by Gasteiger charge is -2.09. The van der Waals surface area contributed by atoms with Gasteiger partial charge < -0.3 is 5.32 Å². The maximum Gasteiger partial charge on any atom is 0.261 e. The first-order chi connectivity index (χ1) is 9.10. The monoisotopic (exact) mass is 341 g/mol. The van der Waals surface area contributed by atoms with Gasteiger partial charge in [0, 0.05) is 17.2 Å². The third-order valence-electron chi connectivity index (χ3n) is 2.19. The van der Waals surface area contributed by atoms with Crippen LogP contribution in [-0.2, 0) is 0 Å². The summed E-state index contributed by atoms with van der Waals surface area (Å²) in [5.41, 5.74) is 0.462. The van der Waals surface area contributed by atoms with Crippen molar-refractivity contribution in [1.82, 2.24) is 15.2 Å². The van der Waals surface area contributed by atoms with Gasteiger partial charge in [-0.15, -0.1) is 10.2 Å². The second-order valence-electron chi connectivity index (χ2n) is 3.66. The van der Waals surface area contributed by atoms with E-state index in [1.807, 2.05) is 13.8 Å². The number of nitrogens with zero attached hydrogens (tertiary/aromatic N) is 3. The number of nitrogens with one attached hydrogen (secondary N) is 2. The summed E-state index contributed by atoms with van der Waals surface area (Å²) < 4.78 is 0.743. The summed E-state index contributed by atoms with van der Waals surface area (Å²) in [5.74, 6) is 0.283. The van der Waals surface area contributed by atoms with E-state index in [1.165, 1.54) is 11.3 Å². The topological polar surface area (TPSA) is 79.8 Å². The molecule has 0 atom stereocenters. The Morgan fingerprint density at radius 3 is 2.89 bits per heavy atom. The van der Waals surface area contributed by atoms with E-state index in [-0.39, 0.29) is 5.91 Å². The van der Waals surface area contributed by atoms with Crippen molar-refractivity contribution in [2.24, 2.45) is 0 Å². The SMILES string of the molecule is CCNc1ncc(Br)cc1C(=O)Nc1nnc(C)s1. The van der Waals surface area contributed by atoms with Gasteiger partial charge in [-0.05, 0) is 35.8 Å². The first-order valence-electron chi connectivity index (χ1n) is 5.61. The Morgan fingerprint density at radius 1 is 1.47 bits per heavy atom. The highest BCUT2D eigenvalue weighted by molar-refractivity contribution is 9.10. The van der Waals surface area contributed by atoms with Crippen molar-refractivity contribution in [3.63, 3.8) is 0 Å². The Morgan fingerprint density at radius 2 is 2.26 bits per heavy atom. The molecule has 0 fully saturated rings. The standard InChI is InChI=1S/C11H12BrN5OS/c1-3-13-9-8(4-7(12)5-14-9)10(18)15-11-17-16-6(2)19-11/h4-5H,3H2,1-2H3,(H,13,14)(H,15,17,18). The van der Waals surface area contributed by atoms with Crippen LogP contribution in [-0.4, -0.2) is 27.6 Å². The molecule has 8 heteroatoms. The molecule has 2 aromatic rings. The van der Waals surface area contributed by atoms with E-state index in [2.05, 4.69) is 41.7 Å².